The molecule has 108 valence electrons. The number of nitrogens with one attached hydrogen (secondary N) is 1. The average molecular weight is 271 g/mol. The van der Waals surface area contributed by atoms with Crippen molar-refractivity contribution in [1.29, 1.82) is 0 Å². The summed E-state index contributed by atoms with van der Waals surface area (Å²) in [5, 5.41) is 12.1. The van der Waals surface area contributed by atoms with Gasteiger partial charge in [0.2, 0.25) is 0 Å². The van der Waals surface area contributed by atoms with Crippen LogP contribution in [0.3, 0.4) is 0 Å². The summed E-state index contributed by atoms with van der Waals surface area (Å²) >= 11 is 0. The van der Waals surface area contributed by atoms with Crippen LogP contribution in [0.15, 0.2) is 12.1 Å². The predicted octanol–water partition coefficient (Wildman–Crippen LogP) is 2.26. The molecule has 0 saturated heterocycles. The van der Waals surface area contributed by atoms with Crippen LogP contribution >= 0.6 is 0 Å². The number of halogens is 1. The molecule has 1 aromatic rings. The lowest BCUT2D eigenvalue weighted by atomic mass is 10.1. The Balaban J connectivity index is 2.93. The Labute approximate surface area is 113 Å². The largest absolute Gasteiger partial charge is 0.493 e. The third-order valence-electron chi connectivity index (χ3n) is 3.07. The highest BCUT2D eigenvalue weighted by Gasteiger charge is 2.17. The Bertz CT molecular complexity index is 412. The van der Waals surface area contributed by atoms with Crippen molar-refractivity contribution in [2.75, 3.05) is 20.8 Å². The molecule has 0 aromatic heterocycles. The van der Waals surface area contributed by atoms with E-state index in [-0.39, 0.29) is 24.5 Å². The predicted molar refractivity (Wildman–Crippen MR) is 72.2 cm³/mol. The zero-order valence-corrected chi connectivity index (χ0v) is 11.9. The van der Waals surface area contributed by atoms with Crippen LogP contribution in [-0.4, -0.2) is 32.0 Å². The SMILES string of the molecule is COc1cc(F)c(C(C)NC(C)CCO)cc1OC. The third-order valence-corrected chi connectivity index (χ3v) is 3.07. The summed E-state index contributed by atoms with van der Waals surface area (Å²) in [7, 11) is 2.99. The Morgan fingerprint density at radius 3 is 2.32 bits per heavy atom. The molecule has 0 fully saturated rings. The number of aliphatic hydroxyl groups is 1. The monoisotopic (exact) mass is 271 g/mol. The van der Waals surface area contributed by atoms with Gasteiger partial charge in [0.15, 0.2) is 11.5 Å². The Hall–Kier alpha value is -1.33. The molecule has 2 atom stereocenters. The molecule has 0 aliphatic heterocycles. The molecule has 4 nitrogen and oxygen atoms in total. The first-order chi connectivity index (χ1) is 9.03. The number of aliphatic hydroxyl groups excluding tert-OH is 1. The number of benzene rings is 1. The van der Waals surface area contributed by atoms with E-state index >= 15 is 0 Å². The number of ether oxygens (including phenoxy) is 2. The second-order valence-corrected chi connectivity index (χ2v) is 4.53. The van der Waals surface area contributed by atoms with Gasteiger partial charge in [-0.2, -0.15) is 0 Å². The van der Waals surface area contributed by atoms with E-state index in [4.69, 9.17) is 14.6 Å². The molecule has 0 heterocycles. The smallest absolute Gasteiger partial charge is 0.163 e. The Morgan fingerprint density at radius 2 is 1.79 bits per heavy atom. The van der Waals surface area contributed by atoms with Gasteiger partial charge in [0.1, 0.15) is 5.82 Å². The van der Waals surface area contributed by atoms with Gasteiger partial charge in [-0.05, 0) is 26.3 Å². The van der Waals surface area contributed by atoms with Gasteiger partial charge in [0.05, 0.1) is 14.2 Å². The van der Waals surface area contributed by atoms with Crippen LogP contribution < -0.4 is 14.8 Å². The molecular formula is C14H22FNO3. The summed E-state index contributed by atoms with van der Waals surface area (Å²) in [5.41, 5.74) is 0.516. The number of hydrogen-bond donors (Lipinski definition) is 2. The van der Waals surface area contributed by atoms with E-state index in [9.17, 15) is 4.39 Å². The average Bonchev–Trinajstić information content (AvgIpc) is 2.38. The van der Waals surface area contributed by atoms with Crippen LogP contribution in [0, 0.1) is 5.82 Å². The molecule has 0 bridgehead atoms. The second kappa shape index (κ2) is 7.31. The molecule has 0 aliphatic carbocycles. The maximum Gasteiger partial charge on any atom is 0.163 e. The summed E-state index contributed by atoms with van der Waals surface area (Å²) in [5.74, 6) is 0.538. The standard InChI is InChI=1S/C14H22FNO3/c1-9(5-6-17)16-10(2)11-7-13(18-3)14(19-4)8-12(11)15/h7-10,16-17H,5-6H2,1-4H3. The minimum Gasteiger partial charge on any atom is -0.493 e. The Kier molecular flexibility index (Phi) is 6.05. The molecule has 0 saturated carbocycles. The maximum atomic E-state index is 14.0. The van der Waals surface area contributed by atoms with Crippen molar-refractivity contribution in [3.8, 4) is 11.5 Å². The van der Waals surface area contributed by atoms with Crippen LogP contribution in [0.4, 0.5) is 4.39 Å². The number of methoxy groups -OCH3 is 2. The lowest BCUT2D eigenvalue weighted by Crippen LogP contribution is -2.30. The van der Waals surface area contributed by atoms with Crippen LogP contribution in [0.2, 0.25) is 0 Å². The molecule has 2 N–H and O–H groups in total. The van der Waals surface area contributed by atoms with Gasteiger partial charge >= 0.3 is 0 Å². The molecule has 0 aliphatic rings. The summed E-state index contributed by atoms with van der Waals surface area (Å²) < 4.78 is 24.2. The normalized spacial score (nSPS) is 14.0. The van der Waals surface area contributed by atoms with E-state index in [1.54, 1.807) is 6.07 Å². The molecule has 0 amide bonds. The van der Waals surface area contributed by atoms with E-state index < -0.39 is 0 Å². The molecule has 1 aromatic carbocycles. The van der Waals surface area contributed by atoms with E-state index in [0.29, 0.717) is 23.5 Å². The molecule has 0 spiro atoms. The van der Waals surface area contributed by atoms with Crippen molar-refractivity contribution in [2.24, 2.45) is 0 Å². The van der Waals surface area contributed by atoms with E-state index in [0.717, 1.165) is 0 Å². The lowest BCUT2D eigenvalue weighted by molar-refractivity contribution is 0.264. The molecule has 1 rings (SSSR count). The summed E-state index contributed by atoms with van der Waals surface area (Å²) in [6.07, 6.45) is 0.624. The van der Waals surface area contributed by atoms with Crippen LogP contribution in [0.25, 0.3) is 0 Å². The minimum atomic E-state index is -0.339. The topological polar surface area (TPSA) is 50.7 Å². The van der Waals surface area contributed by atoms with E-state index in [1.165, 1.54) is 20.3 Å². The highest BCUT2D eigenvalue weighted by Crippen LogP contribution is 2.32. The summed E-state index contributed by atoms with van der Waals surface area (Å²) in [6.45, 7) is 3.93. The molecule has 0 radical (unpaired) electrons. The van der Waals surface area contributed by atoms with Crippen molar-refractivity contribution >= 4 is 0 Å². The quantitative estimate of drug-likeness (QED) is 0.798. The van der Waals surface area contributed by atoms with E-state index in [1.807, 2.05) is 13.8 Å². The zero-order chi connectivity index (χ0) is 14.4. The van der Waals surface area contributed by atoms with E-state index in [2.05, 4.69) is 5.32 Å². The fraction of sp³-hybridized carbons (Fsp3) is 0.571. The van der Waals surface area contributed by atoms with Crippen molar-refractivity contribution in [3.63, 3.8) is 0 Å². The minimum absolute atomic E-state index is 0.104. The molecular weight excluding hydrogens is 249 g/mol. The van der Waals surface area contributed by atoms with Crippen LogP contribution in [0.1, 0.15) is 31.9 Å². The summed E-state index contributed by atoms with van der Waals surface area (Å²) in [6, 6.07) is 2.88. The van der Waals surface area contributed by atoms with Crippen LogP contribution in [-0.2, 0) is 0 Å². The van der Waals surface area contributed by atoms with Gasteiger partial charge in [0, 0.05) is 30.3 Å². The van der Waals surface area contributed by atoms with Gasteiger partial charge in [-0.1, -0.05) is 0 Å². The van der Waals surface area contributed by atoms with Gasteiger partial charge in [0.25, 0.3) is 0 Å². The molecule has 19 heavy (non-hydrogen) atoms. The first-order valence-corrected chi connectivity index (χ1v) is 6.31. The second-order valence-electron chi connectivity index (χ2n) is 4.53. The lowest BCUT2D eigenvalue weighted by Gasteiger charge is -2.21. The first-order valence-electron chi connectivity index (χ1n) is 6.31. The van der Waals surface area contributed by atoms with Crippen molar-refractivity contribution in [3.05, 3.63) is 23.5 Å². The maximum absolute atomic E-state index is 14.0. The Morgan fingerprint density at radius 1 is 1.21 bits per heavy atom. The molecule has 5 heteroatoms. The van der Waals surface area contributed by atoms with Gasteiger partial charge in [-0.25, -0.2) is 4.39 Å². The van der Waals surface area contributed by atoms with Gasteiger partial charge < -0.3 is 19.9 Å². The number of rotatable bonds is 7. The fourth-order valence-corrected chi connectivity index (χ4v) is 2.00. The van der Waals surface area contributed by atoms with Gasteiger partial charge in [-0.3, -0.25) is 0 Å². The molecule has 2 unspecified atom stereocenters. The van der Waals surface area contributed by atoms with Gasteiger partial charge in [-0.15, -0.1) is 0 Å². The van der Waals surface area contributed by atoms with Crippen molar-refractivity contribution < 1.29 is 19.0 Å². The third kappa shape index (κ3) is 4.08. The summed E-state index contributed by atoms with van der Waals surface area (Å²) in [4.78, 5) is 0. The first kappa shape index (κ1) is 15.7. The fourth-order valence-electron chi connectivity index (χ4n) is 2.00. The van der Waals surface area contributed by atoms with Crippen molar-refractivity contribution in [1.82, 2.24) is 5.32 Å². The number of hydrogen-bond acceptors (Lipinski definition) is 4. The van der Waals surface area contributed by atoms with Crippen LogP contribution in [0.5, 0.6) is 11.5 Å². The highest BCUT2D eigenvalue weighted by atomic mass is 19.1. The zero-order valence-electron chi connectivity index (χ0n) is 11.9. The van der Waals surface area contributed by atoms with Crippen molar-refractivity contribution in [2.45, 2.75) is 32.4 Å². The highest BCUT2D eigenvalue weighted by molar-refractivity contribution is 5.44.